The molecule has 24 heavy (non-hydrogen) atoms. The number of ether oxygens (including phenoxy) is 2. The van der Waals surface area contributed by atoms with Gasteiger partial charge in [-0.05, 0) is 25.0 Å². The van der Waals surface area contributed by atoms with Crippen molar-refractivity contribution in [3.8, 4) is 5.75 Å². The van der Waals surface area contributed by atoms with Crippen molar-refractivity contribution in [3.05, 3.63) is 24.3 Å². The monoisotopic (exact) mass is 343 g/mol. The maximum Gasteiger partial charge on any atom is 0.409 e. The molecule has 9 heteroatoms. The van der Waals surface area contributed by atoms with Crippen LogP contribution in [-0.2, 0) is 4.74 Å². The molecule has 0 aliphatic carbocycles. The van der Waals surface area contributed by atoms with Crippen molar-refractivity contribution in [3.63, 3.8) is 0 Å². The molecule has 7 nitrogen and oxygen atoms in total. The number of para-hydroxylation sites is 2. The van der Waals surface area contributed by atoms with E-state index in [0.717, 1.165) is 6.42 Å². The highest BCUT2D eigenvalue weighted by molar-refractivity contribution is 5.91. The second-order valence-corrected chi connectivity index (χ2v) is 5.23. The van der Waals surface area contributed by atoms with Crippen molar-refractivity contribution in [2.24, 2.45) is 0 Å². The Hall–Kier alpha value is -2.58. The zero-order valence-corrected chi connectivity index (χ0v) is 13.1. The summed E-state index contributed by atoms with van der Waals surface area (Å²) in [6.07, 6.45) is 0.985. The van der Waals surface area contributed by atoms with Gasteiger partial charge in [0.05, 0.1) is 12.8 Å². The first-order valence-corrected chi connectivity index (χ1v) is 7.44. The average molecular weight is 343 g/mol. The minimum absolute atomic E-state index is 0.123. The highest BCUT2D eigenvalue weighted by Gasteiger charge is 2.25. The normalized spacial score (nSPS) is 17.3. The van der Waals surface area contributed by atoms with Crippen LogP contribution in [0.15, 0.2) is 24.3 Å². The van der Waals surface area contributed by atoms with E-state index >= 15 is 0 Å². The van der Waals surface area contributed by atoms with Crippen LogP contribution in [0.1, 0.15) is 12.8 Å². The van der Waals surface area contributed by atoms with Crippen LogP contribution in [0.5, 0.6) is 5.75 Å². The number of nitrogens with zero attached hydrogens (tertiary/aromatic N) is 1. The summed E-state index contributed by atoms with van der Waals surface area (Å²) in [4.78, 5) is 25.1. The van der Waals surface area contributed by atoms with Crippen LogP contribution >= 0.6 is 0 Å². The summed E-state index contributed by atoms with van der Waals surface area (Å²) in [6.45, 7) is -2.09. The Morgan fingerprint density at radius 3 is 2.79 bits per heavy atom. The van der Waals surface area contributed by atoms with Gasteiger partial charge in [0.1, 0.15) is 5.75 Å². The van der Waals surface area contributed by atoms with Gasteiger partial charge in [0.15, 0.2) is 0 Å². The van der Waals surface area contributed by atoms with Crippen LogP contribution in [0, 0.1) is 0 Å². The van der Waals surface area contributed by atoms with E-state index in [1.54, 1.807) is 6.07 Å². The topological polar surface area (TPSA) is 79.9 Å². The van der Waals surface area contributed by atoms with Gasteiger partial charge in [-0.3, -0.25) is 0 Å². The summed E-state index contributed by atoms with van der Waals surface area (Å²) < 4.78 is 33.7. The van der Waals surface area contributed by atoms with Crippen LogP contribution < -0.4 is 15.4 Å². The van der Waals surface area contributed by atoms with E-state index in [-0.39, 0.29) is 17.5 Å². The third-order valence-electron chi connectivity index (χ3n) is 3.54. The highest BCUT2D eigenvalue weighted by Crippen LogP contribution is 2.25. The maximum atomic E-state index is 12.4. The minimum atomic E-state index is -2.98. The SMILES string of the molecule is COC(=O)N1CCCC(NC(=O)Nc2ccccc2OC(F)F)C1. The first-order valence-electron chi connectivity index (χ1n) is 7.44. The minimum Gasteiger partial charge on any atom is -0.453 e. The number of carbonyl (C=O) groups excluding carboxylic acids is 2. The number of carbonyl (C=O) groups is 2. The van der Waals surface area contributed by atoms with Crippen molar-refractivity contribution in [1.29, 1.82) is 0 Å². The third-order valence-corrected chi connectivity index (χ3v) is 3.54. The van der Waals surface area contributed by atoms with Gasteiger partial charge in [-0.1, -0.05) is 12.1 Å². The molecule has 1 unspecified atom stereocenters. The number of anilines is 1. The molecule has 1 aromatic rings. The second kappa shape index (κ2) is 8.32. The van der Waals surface area contributed by atoms with Crippen molar-refractivity contribution < 1.29 is 27.8 Å². The zero-order chi connectivity index (χ0) is 17.5. The van der Waals surface area contributed by atoms with Gasteiger partial charge in [0.25, 0.3) is 0 Å². The van der Waals surface area contributed by atoms with Gasteiger partial charge in [0.2, 0.25) is 0 Å². The van der Waals surface area contributed by atoms with E-state index in [1.165, 1.54) is 30.2 Å². The van der Waals surface area contributed by atoms with Crippen LogP contribution in [-0.4, -0.2) is 49.9 Å². The number of rotatable bonds is 4. The van der Waals surface area contributed by atoms with Crippen molar-refractivity contribution >= 4 is 17.8 Å². The molecule has 1 aliphatic heterocycles. The van der Waals surface area contributed by atoms with Gasteiger partial charge in [0, 0.05) is 19.1 Å². The number of hydrogen-bond donors (Lipinski definition) is 2. The highest BCUT2D eigenvalue weighted by atomic mass is 19.3. The quantitative estimate of drug-likeness (QED) is 0.881. The smallest absolute Gasteiger partial charge is 0.409 e. The fraction of sp³-hybridized carbons (Fsp3) is 0.467. The number of nitrogens with one attached hydrogen (secondary N) is 2. The molecule has 1 aliphatic rings. The average Bonchev–Trinajstić information content (AvgIpc) is 2.55. The number of methoxy groups -OCH3 is 1. The van der Waals surface area contributed by atoms with Crippen LogP contribution in [0.4, 0.5) is 24.1 Å². The van der Waals surface area contributed by atoms with E-state index in [4.69, 9.17) is 0 Å². The van der Waals surface area contributed by atoms with Gasteiger partial charge < -0.3 is 25.0 Å². The van der Waals surface area contributed by atoms with Gasteiger partial charge in [-0.25, -0.2) is 9.59 Å². The predicted octanol–water partition coefficient (Wildman–Crippen LogP) is 2.64. The number of likely N-dealkylation sites (tertiary alicyclic amines) is 1. The molecule has 0 spiro atoms. The molecule has 0 bridgehead atoms. The summed E-state index contributed by atoms with van der Waals surface area (Å²) in [5.74, 6) is -0.123. The Kier molecular flexibility index (Phi) is 6.16. The lowest BCUT2D eigenvalue weighted by Gasteiger charge is -2.32. The Balaban J connectivity index is 1.92. The van der Waals surface area contributed by atoms with Gasteiger partial charge in [-0.2, -0.15) is 8.78 Å². The maximum absolute atomic E-state index is 12.4. The number of urea groups is 1. The zero-order valence-electron chi connectivity index (χ0n) is 13.1. The summed E-state index contributed by atoms with van der Waals surface area (Å²) in [5.41, 5.74) is 0.135. The number of halogens is 2. The summed E-state index contributed by atoms with van der Waals surface area (Å²) in [7, 11) is 1.30. The molecular weight excluding hydrogens is 324 g/mol. The van der Waals surface area contributed by atoms with Gasteiger partial charge >= 0.3 is 18.7 Å². The first kappa shape index (κ1) is 17.8. The number of alkyl halides is 2. The van der Waals surface area contributed by atoms with E-state index in [2.05, 4.69) is 20.1 Å². The molecular formula is C15H19F2N3O4. The molecule has 0 saturated carbocycles. The Morgan fingerprint density at radius 2 is 2.08 bits per heavy atom. The first-order chi connectivity index (χ1) is 11.5. The Bertz CT molecular complexity index is 586. The molecule has 1 aromatic carbocycles. The van der Waals surface area contributed by atoms with E-state index in [0.29, 0.717) is 19.5 Å². The van der Waals surface area contributed by atoms with E-state index < -0.39 is 18.7 Å². The molecule has 1 saturated heterocycles. The fourth-order valence-corrected chi connectivity index (χ4v) is 2.50. The van der Waals surface area contributed by atoms with Crippen molar-refractivity contribution in [2.75, 3.05) is 25.5 Å². The van der Waals surface area contributed by atoms with E-state index in [9.17, 15) is 18.4 Å². The third kappa shape index (κ3) is 4.97. The molecule has 0 radical (unpaired) electrons. The Labute approximate surface area is 137 Å². The molecule has 2 N–H and O–H groups in total. The number of amides is 3. The van der Waals surface area contributed by atoms with E-state index in [1.807, 2.05) is 0 Å². The lowest BCUT2D eigenvalue weighted by Crippen LogP contribution is -2.50. The van der Waals surface area contributed by atoms with Crippen molar-refractivity contribution in [1.82, 2.24) is 10.2 Å². The lowest BCUT2D eigenvalue weighted by atomic mass is 10.1. The molecule has 132 valence electrons. The van der Waals surface area contributed by atoms with Gasteiger partial charge in [-0.15, -0.1) is 0 Å². The number of hydrogen-bond acceptors (Lipinski definition) is 4. The molecule has 1 fully saturated rings. The summed E-state index contributed by atoms with van der Waals surface area (Å²) in [6, 6.07) is 5.10. The fourth-order valence-electron chi connectivity index (χ4n) is 2.50. The largest absolute Gasteiger partial charge is 0.453 e. The Morgan fingerprint density at radius 1 is 1.33 bits per heavy atom. The van der Waals surface area contributed by atoms with Crippen LogP contribution in [0.25, 0.3) is 0 Å². The number of benzene rings is 1. The summed E-state index contributed by atoms with van der Waals surface area (Å²) >= 11 is 0. The second-order valence-electron chi connectivity index (χ2n) is 5.23. The standard InChI is InChI=1S/C15H19F2N3O4/c1-23-15(22)20-8-4-5-10(9-20)18-14(21)19-11-6-2-3-7-12(11)24-13(16)17/h2-3,6-7,10,13H,4-5,8-9H2,1H3,(H2,18,19,21). The molecule has 1 atom stereocenters. The van der Waals surface area contributed by atoms with Crippen molar-refractivity contribution in [2.45, 2.75) is 25.5 Å². The summed E-state index contributed by atoms with van der Waals surface area (Å²) in [5, 5.41) is 5.19. The van der Waals surface area contributed by atoms with Crippen LogP contribution in [0.3, 0.4) is 0 Å². The molecule has 0 aromatic heterocycles. The van der Waals surface area contributed by atoms with Crippen LogP contribution in [0.2, 0.25) is 0 Å². The number of piperidine rings is 1. The molecule has 1 heterocycles. The molecule has 2 rings (SSSR count). The predicted molar refractivity (Wildman–Crippen MR) is 82.2 cm³/mol. The molecule has 3 amide bonds. The lowest BCUT2D eigenvalue weighted by molar-refractivity contribution is -0.0493.